The summed E-state index contributed by atoms with van der Waals surface area (Å²) < 4.78 is 10.6. The first kappa shape index (κ1) is 18.6. The lowest BCUT2D eigenvalue weighted by atomic mass is 10.0. The van der Waals surface area contributed by atoms with Crippen LogP contribution in [0.5, 0.6) is 23.0 Å². The van der Waals surface area contributed by atoms with Crippen LogP contribution in [0.2, 0.25) is 0 Å². The molecule has 2 rings (SSSR count). The van der Waals surface area contributed by atoms with E-state index in [9.17, 15) is 15.0 Å². The number of benzene rings is 2. The molecule has 0 atom stereocenters. The summed E-state index contributed by atoms with van der Waals surface area (Å²) >= 11 is 0. The molecule has 25 heavy (non-hydrogen) atoms. The van der Waals surface area contributed by atoms with Gasteiger partial charge in [-0.25, -0.2) is 4.79 Å². The SMILES string of the molecule is CCCc1cc(O)cc(OC(=O)c2c(O)cc(OC)cc2CCC)c1. The highest BCUT2D eigenvalue weighted by atomic mass is 16.5. The van der Waals surface area contributed by atoms with Crippen molar-refractivity contribution in [3.8, 4) is 23.0 Å². The summed E-state index contributed by atoms with van der Waals surface area (Å²) in [4.78, 5) is 12.6. The monoisotopic (exact) mass is 344 g/mol. The molecule has 0 bridgehead atoms. The summed E-state index contributed by atoms with van der Waals surface area (Å²) in [7, 11) is 1.50. The van der Waals surface area contributed by atoms with E-state index in [-0.39, 0.29) is 22.8 Å². The lowest BCUT2D eigenvalue weighted by Gasteiger charge is -2.13. The number of phenolic OH excluding ortho intramolecular Hbond substituents is 2. The van der Waals surface area contributed by atoms with Gasteiger partial charge in [-0.05, 0) is 42.2 Å². The van der Waals surface area contributed by atoms with E-state index in [0.29, 0.717) is 17.7 Å². The van der Waals surface area contributed by atoms with Crippen LogP contribution in [-0.4, -0.2) is 23.3 Å². The topological polar surface area (TPSA) is 76.0 Å². The maximum absolute atomic E-state index is 12.6. The van der Waals surface area contributed by atoms with E-state index in [1.165, 1.54) is 19.2 Å². The van der Waals surface area contributed by atoms with E-state index in [0.717, 1.165) is 24.8 Å². The van der Waals surface area contributed by atoms with Crippen molar-refractivity contribution in [2.45, 2.75) is 39.5 Å². The van der Waals surface area contributed by atoms with Crippen LogP contribution in [0.15, 0.2) is 30.3 Å². The Hall–Kier alpha value is -2.69. The number of hydrogen-bond acceptors (Lipinski definition) is 5. The average Bonchev–Trinajstić information content (AvgIpc) is 2.54. The normalized spacial score (nSPS) is 10.5. The number of carbonyl (C=O) groups excluding carboxylic acids is 1. The third-order valence-electron chi connectivity index (χ3n) is 3.83. The second-order valence-corrected chi connectivity index (χ2v) is 5.91. The minimum absolute atomic E-state index is 0.0430. The Morgan fingerprint density at radius 1 is 0.960 bits per heavy atom. The molecule has 0 aliphatic heterocycles. The van der Waals surface area contributed by atoms with Crippen molar-refractivity contribution < 1.29 is 24.5 Å². The predicted octanol–water partition coefficient (Wildman–Crippen LogP) is 4.23. The number of rotatable bonds is 7. The standard InChI is InChI=1S/C20H24O5/c1-4-6-13-8-15(21)11-17(9-13)25-20(23)19-14(7-5-2)10-16(24-3)12-18(19)22/h8-12,21-22H,4-7H2,1-3H3. The summed E-state index contributed by atoms with van der Waals surface area (Å²) in [5.41, 5.74) is 1.68. The number of phenols is 2. The molecule has 5 nitrogen and oxygen atoms in total. The molecule has 2 aromatic carbocycles. The Bertz CT molecular complexity index is 752. The summed E-state index contributed by atoms with van der Waals surface area (Å²) in [6.45, 7) is 4.01. The molecule has 0 heterocycles. The van der Waals surface area contributed by atoms with Gasteiger partial charge in [-0.2, -0.15) is 0 Å². The molecule has 2 N–H and O–H groups in total. The minimum Gasteiger partial charge on any atom is -0.508 e. The number of carbonyl (C=O) groups is 1. The van der Waals surface area contributed by atoms with Crippen LogP contribution in [0.3, 0.4) is 0 Å². The summed E-state index contributed by atoms with van der Waals surface area (Å²) in [6.07, 6.45) is 3.10. The second-order valence-electron chi connectivity index (χ2n) is 5.91. The van der Waals surface area contributed by atoms with Crippen molar-refractivity contribution in [1.29, 1.82) is 0 Å². The van der Waals surface area contributed by atoms with Gasteiger partial charge < -0.3 is 19.7 Å². The number of hydrogen-bond donors (Lipinski definition) is 2. The fraction of sp³-hybridized carbons (Fsp3) is 0.350. The Morgan fingerprint density at radius 2 is 1.68 bits per heavy atom. The van der Waals surface area contributed by atoms with Gasteiger partial charge in [-0.3, -0.25) is 0 Å². The van der Waals surface area contributed by atoms with Gasteiger partial charge in [0.15, 0.2) is 0 Å². The van der Waals surface area contributed by atoms with E-state index < -0.39 is 5.97 Å². The first-order valence-corrected chi connectivity index (χ1v) is 8.43. The van der Waals surface area contributed by atoms with Crippen LogP contribution < -0.4 is 9.47 Å². The highest BCUT2D eigenvalue weighted by Crippen LogP contribution is 2.31. The summed E-state index contributed by atoms with van der Waals surface area (Å²) in [5.74, 6) is -0.0499. The zero-order valence-electron chi connectivity index (χ0n) is 14.8. The first-order chi connectivity index (χ1) is 12.0. The fourth-order valence-electron chi connectivity index (χ4n) is 2.77. The molecule has 0 saturated carbocycles. The van der Waals surface area contributed by atoms with Crippen molar-refractivity contribution in [3.63, 3.8) is 0 Å². The van der Waals surface area contributed by atoms with Crippen LogP contribution in [0.4, 0.5) is 0 Å². The van der Waals surface area contributed by atoms with Crippen LogP contribution >= 0.6 is 0 Å². The second kappa shape index (κ2) is 8.42. The maximum atomic E-state index is 12.6. The van der Waals surface area contributed by atoms with Crippen molar-refractivity contribution in [2.75, 3.05) is 7.11 Å². The number of aryl methyl sites for hydroxylation is 2. The Kier molecular flexibility index (Phi) is 6.28. The first-order valence-electron chi connectivity index (χ1n) is 8.43. The lowest BCUT2D eigenvalue weighted by Crippen LogP contribution is -2.12. The van der Waals surface area contributed by atoms with Gasteiger partial charge in [-0.1, -0.05) is 26.7 Å². The van der Waals surface area contributed by atoms with Gasteiger partial charge in [0, 0.05) is 12.1 Å². The highest BCUT2D eigenvalue weighted by Gasteiger charge is 2.20. The van der Waals surface area contributed by atoms with Crippen molar-refractivity contribution in [2.24, 2.45) is 0 Å². The number of ether oxygens (including phenoxy) is 2. The zero-order chi connectivity index (χ0) is 18.4. The largest absolute Gasteiger partial charge is 0.508 e. The van der Waals surface area contributed by atoms with Crippen LogP contribution in [-0.2, 0) is 12.8 Å². The van der Waals surface area contributed by atoms with Crippen LogP contribution in [0.25, 0.3) is 0 Å². The van der Waals surface area contributed by atoms with E-state index in [2.05, 4.69) is 0 Å². The van der Waals surface area contributed by atoms with E-state index in [1.807, 2.05) is 13.8 Å². The van der Waals surface area contributed by atoms with Crippen molar-refractivity contribution >= 4 is 5.97 Å². The van der Waals surface area contributed by atoms with Crippen LogP contribution in [0, 0.1) is 0 Å². The number of methoxy groups -OCH3 is 1. The van der Waals surface area contributed by atoms with Gasteiger partial charge in [0.05, 0.1) is 7.11 Å². The van der Waals surface area contributed by atoms with Crippen molar-refractivity contribution in [1.82, 2.24) is 0 Å². The van der Waals surface area contributed by atoms with Gasteiger partial charge in [-0.15, -0.1) is 0 Å². The van der Waals surface area contributed by atoms with Gasteiger partial charge >= 0.3 is 5.97 Å². The molecule has 5 heteroatoms. The molecule has 0 fully saturated rings. The molecule has 0 aliphatic carbocycles. The van der Waals surface area contributed by atoms with Gasteiger partial charge in [0.25, 0.3) is 0 Å². The molecular weight excluding hydrogens is 320 g/mol. The Morgan fingerprint density at radius 3 is 2.32 bits per heavy atom. The van der Waals surface area contributed by atoms with E-state index >= 15 is 0 Å². The Labute approximate surface area is 147 Å². The highest BCUT2D eigenvalue weighted by molar-refractivity contribution is 5.96. The maximum Gasteiger partial charge on any atom is 0.347 e. The molecule has 0 unspecified atom stereocenters. The van der Waals surface area contributed by atoms with Crippen molar-refractivity contribution in [3.05, 3.63) is 47.0 Å². The molecule has 134 valence electrons. The average molecular weight is 344 g/mol. The van der Waals surface area contributed by atoms with E-state index in [4.69, 9.17) is 9.47 Å². The van der Waals surface area contributed by atoms with E-state index in [1.54, 1.807) is 18.2 Å². The third-order valence-corrected chi connectivity index (χ3v) is 3.83. The number of aromatic hydroxyl groups is 2. The molecule has 0 aromatic heterocycles. The molecule has 2 aromatic rings. The molecule has 0 spiro atoms. The summed E-state index contributed by atoms with van der Waals surface area (Å²) in [5, 5.41) is 20.1. The lowest BCUT2D eigenvalue weighted by molar-refractivity contribution is 0.0730. The minimum atomic E-state index is -0.656. The predicted molar refractivity (Wildman–Crippen MR) is 95.7 cm³/mol. The van der Waals surface area contributed by atoms with Crippen LogP contribution in [0.1, 0.15) is 48.2 Å². The number of esters is 1. The molecule has 0 saturated heterocycles. The smallest absolute Gasteiger partial charge is 0.347 e. The third kappa shape index (κ3) is 4.66. The van der Waals surface area contributed by atoms with Gasteiger partial charge in [0.2, 0.25) is 0 Å². The molecule has 0 aliphatic rings. The fourth-order valence-corrected chi connectivity index (χ4v) is 2.77. The van der Waals surface area contributed by atoms with Gasteiger partial charge in [0.1, 0.15) is 28.6 Å². The quantitative estimate of drug-likeness (QED) is 0.581. The molecular formula is C20H24O5. The molecule has 0 radical (unpaired) electrons. The molecule has 0 amide bonds. The Balaban J connectivity index is 2.35. The summed E-state index contributed by atoms with van der Waals surface area (Å²) in [6, 6.07) is 7.87. The zero-order valence-corrected chi connectivity index (χ0v) is 14.8.